The number of methoxy groups -OCH3 is 1. The molecule has 7 nitrogen and oxygen atoms in total. The number of rotatable bonds is 5. The molecule has 1 saturated carbocycles. The third kappa shape index (κ3) is 2.94. The number of ether oxygens (including phenoxy) is 1. The normalized spacial score (nSPS) is 14.7. The van der Waals surface area contributed by atoms with Crippen LogP contribution < -0.4 is 15.2 Å². The standard InChI is InChI=1S/C23H22N4O3/c1-14(15-7-8-15)26(16-9-11-17(30-2)12-10-16)23(29)19-13-24-27-20-6-4-3-5-18(20)22(28)25-21(19)27/h3-6,9-15H,7-8H2,1-2H3,(H,25,28). The second-order valence-corrected chi connectivity index (χ2v) is 7.74. The molecular formula is C23H22N4O3. The van der Waals surface area contributed by atoms with Crippen LogP contribution >= 0.6 is 0 Å². The minimum Gasteiger partial charge on any atom is -0.497 e. The fourth-order valence-electron chi connectivity index (χ4n) is 4.03. The monoisotopic (exact) mass is 402 g/mol. The van der Waals surface area contributed by atoms with Gasteiger partial charge in [0.25, 0.3) is 11.5 Å². The number of nitrogens with zero attached hydrogens (tertiary/aromatic N) is 3. The predicted octanol–water partition coefficient (Wildman–Crippen LogP) is 3.63. The average molecular weight is 402 g/mol. The molecule has 7 heteroatoms. The van der Waals surface area contributed by atoms with Gasteiger partial charge in [-0.1, -0.05) is 12.1 Å². The SMILES string of the molecule is COc1ccc(N(C(=O)c2cnn3c2[nH]c(=O)c2ccccc23)C(C)C2CC2)cc1. The number of hydrogen-bond donors (Lipinski definition) is 1. The Balaban J connectivity index is 1.64. The van der Waals surface area contributed by atoms with Crippen LogP contribution in [0.2, 0.25) is 0 Å². The highest BCUT2D eigenvalue weighted by Crippen LogP contribution is 2.38. The first kappa shape index (κ1) is 18.4. The smallest absolute Gasteiger partial charge is 0.263 e. The second kappa shape index (κ2) is 7.02. The molecule has 0 saturated heterocycles. The van der Waals surface area contributed by atoms with Crippen molar-refractivity contribution in [3.05, 3.63) is 70.6 Å². The molecule has 1 unspecified atom stereocenters. The van der Waals surface area contributed by atoms with E-state index < -0.39 is 0 Å². The maximum absolute atomic E-state index is 13.7. The zero-order valence-electron chi connectivity index (χ0n) is 16.8. The lowest BCUT2D eigenvalue weighted by Gasteiger charge is -2.29. The van der Waals surface area contributed by atoms with Crippen LogP contribution in [-0.2, 0) is 0 Å². The van der Waals surface area contributed by atoms with E-state index in [4.69, 9.17) is 4.74 Å². The first-order chi connectivity index (χ1) is 14.6. The van der Waals surface area contributed by atoms with Crippen molar-refractivity contribution in [2.24, 2.45) is 5.92 Å². The number of fused-ring (bicyclic) bond motifs is 3. The molecule has 2 aromatic heterocycles. The molecule has 1 amide bonds. The van der Waals surface area contributed by atoms with E-state index in [2.05, 4.69) is 17.0 Å². The van der Waals surface area contributed by atoms with Crippen molar-refractivity contribution < 1.29 is 9.53 Å². The second-order valence-electron chi connectivity index (χ2n) is 7.74. The topological polar surface area (TPSA) is 79.7 Å². The minimum atomic E-state index is -0.237. The van der Waals surface area contributed by atoms with Crippen molar-refractivity contribution in [1.82, 2.24) is 14.6 Å². The Morgan fingerprint density at radius 2 is 1.93 bits per heavy atom. The molecule has 5 rings (SSSR count). The van der Waals surface area contributed by atoms with Crippen LogP contribution in [-0.4, -0.2) is 33.7 Å². The van der Waals surface area contributed by atoms with Crippen molar-refractivity contribution in [2.45, 2.75) is 25.8 Å². The summed E-state index contributed by atoms with van der Waals surface area (Å²) in [5, 5.41) is 4.94. The number of amides is 1. The van der Waals surface area contributed by atoms with Crippen LogP contribution in [0.25, 0.3) is 16.6 Å². The Labute approximate surface area is 172 Å². The fourth-order valence-corrected chi connectivity index (χ4v) is 4.03. The predicted molar refractivity (Wildman–Crippen MR) is 115 cm³/mol. The molecule has 0 bridgehead atoms. The van der Waals surface area contributed by atoms with Crippen LogP contribution in [0.15, 0.2) is 59.5 Å². The zero-order chi connectivity index (χ0) is 20.8. The number of hydrogen-bond acceptors (Lipinski definition) is 4. The molecule has 1 atom stereocenters. The number of para-hydroxylation sites is 1. The summed E-state index contributed by atoms with van der Waals surface area (Å²) >= 11 is 0. The van der Waals surface area contributed by atoms with E-state index in [9.17, 15) is 9.59 Å². The zero-order valence-corrected chi connectivity index (χ0v) is 16.8. The average Bonchev–Trinajstić information content (AvgIpc) is 3.54. The van der Waals surface area contributed by atoms with Crippen molar-refractivity contribution in [3.63, 3.8) is 0 Å². The van der Waals surface area contributed by atoms with Crippen LogP contribution in [0, 0.1) is 5.92 Å². The van der Waals surface area contributed by atoms with Gasteiger partial charge in [-0.15, -0.1) is 0 Å². The lowest BCUT2D eigenvalue weighted by atomic mass is 10.1. The van der Waals surface area contributed by atoms with E-state index in [1.165, 1.54) is 6.20 Å². The van der Waals surface area contributed by atoms with Crippen LogP contribution in [0.5, 0.6) is 5.75 Å². The largest absolute Gasteiger partial charge is 0.497 e. The van der Waals surface area contributed by atoms with Gasteiger partial charge in [0.15, 0.2) is 0 Å². The summed E-state index contributed by atoms with van der Waals surface area (Å²) in [6.07, 6.45) is 3.75. The van der Waals surface area contributed by atoms with Crippen molar-refractivity contribution in [1.29, 1.82) is 0 Å². The van der Waals surface area contributed by atoms with Gasteiger partial charge in [-0.2, -0.15) is 5.10 Å². The molecule has 1 fully saturated rings. The van der Waals surface area contributed by atoms with Crippen LogP contribution in [0.4, 0.5) is 5.69 Å². The molecule has 1 N–H and O–H groups in total. The summed E-state index contributed by atoms with van der Waals surface area (Å²) in [5.41, 5.74) is 2.01. The lowest BCUT2D eigenvalue weighted by Crippen LogP contribution is -2.40. The lowest BCUT2D eigenvalue weighted by molar-refractivity contribution is 0.0977. The van der Waals surface area contributed by atoms with E-state index in [0.29, 0.717) is 28.0 Å². The number of aromatic amines is 1. The Morgan fingerprint density at radius 3 is 2.63 bits per heavy atom. The molecule has 4 aromatic rings. The minimum absolute atomic E-state index is 0.0352. The molecule has 0 spiro atoms. The van der Waals surface area contributed by atoms with Gasteiger partial charge >= 0.3 is 0 Å². The summed E-state index contributed by atoms with van der Waals surface area (Å²) in [6, 6.07) is 14.7. The summed E-state index contributed by atoms with van der Waals surface area (Å²) in [6.45, 7) is 2.07. The van der Waals surface area contributed by atoms with E-state index in [-0.39, 0.29) is 17.5 Å². The highest BCUT2D eigenvalue weighted by atomic mass is 16.5. The summed E-state index contributed by atoms with van der Waals surface area (Å²) in [7, 11) is 1.62. The van der Waals surface area contributed by atoms with Crippen molar-refractivity contribution in [2.75, 3.05) is 12.0 Å². The van der Waals surface area contributed by atoms with E-state index in [1.807, 2.05) is 47.4 Å². The molecule has 0 radical (unpaired) electrons. The maximum atomic E-state index is 13.7. The Bertz CT molecular complexity index is 1300. The summed E-state index contributed by atoms with van der Waals surface area (Å²) < 4.78 is 6.88. The molecule has 2 aromatic carbocycles. The van der Waals surface area contributed by atoms with Gasteiger partial charge in [-0.25, -0.2) is 4.52 Å². The van der Waals surface area contributed by atoms with Gasteiger partial charge in [0.1, 0.15) is 17.0 Å². The maximum Gasteiger partial charge on any atom is 0.263 e. The van der Waals surface area contributed by atoms with Crippen LogP contribution in [0.3, 0.4) is 0 Å². The fraction of sp³-hybridized carbons (Fsp3) is 0.261. The Hall–Kier alpha value is -3.61. The Kier molecular flexibility index (Phi) is 4.31. The van der Waals surface area contributed by atoms with Gasteiger partial charge in [0.2, 0.25) is 0 Å². The number of anilines is 1. The van der Waals surface area contributed by atoms with Gasteiger partial charge in [-0.3, -0.25) is 9.59 Å². The quantitative estimate of drug-likeness (QED) is 0.553. The molecule has 1 aliphatic rings. The molecule has 30 heavy (non-hydrogen) atoms. The van der Waals surface area contributed by atoms with Crippen molar-refractivity contribution in [3.8, 4) is 5.75 Å². The van der Waals surface area contributed by atoms with Gasteiger partial charge in [0, 0.05) is 11.7 Å². The molecular weight excluding hydrogens is 380 g/mol. The summed E-state index contributed by atoms with van der Waals surface area (Å²) in [4.78, 5) is 31.0. The van der Waals surface area contributed by atoms with Crippen molar-refractivity contribution >= 4 is 28.1 Å². The highest BCUT2D eigenvalue weighted by Gasteiger charge is 2.36. The molecule has 2 heterocycles. The number of benzene rings is 2. The first-order valence-corrected chi connectivity index (χ1v) is 10.0. The third-order valence-corrected chi connectivity index (χ3v) is 5.89. The molecule has 0 aliphatic heterocycles. The first-order valence-electron chi connectivity index (χ1n) is 10.0. The number of carbonyl (C=O) groups excluding carboxylic acids is 1. The van der Waals surface area contributed by atoms with E-state index >= 15 is 0 Å². The third-order valence-electron chi connectivity index (χ3n) is 5.89. The number of nitrogens with one attached hydrogen (secondary N) is 1. The van der Waals surface area contributed by atoms with E-state index in [1.54, 1.807) is 17.7 Å². The number of aromatic nitrogens is 3. The van der Waals surface area contributed by atoms with Gasteiger partial charge in [-0.05, 0) is 62.1 Å². The summed E-state index contributed by atoms with van der Waals surface area (Å²) in [5.74, 6) is 1.02. The number of carbonyl (C=O) groups is 1. The van der Waals surface area contributed by atoms with Crippen LogP contribution in [0.1, 0.15) is 30.1 Å². The molecule has 1 aliphatic carbocycles. The van der Waals surface area contributed by atoms with E-state index in [0.717, 1.165) is 24.3 Å². The van der Waals surface area contributed by atoms with Gasteiger partial charge < -0.3 is 14.6 Å². The number of H-pyrrole nitrogens is 1. The highest BCUT2D eigenvalue weighted by molar-refractivity contribution is 6.10. The molecule has 152 valence electrons. The van der Waals surface area contributed by atoms with Gasteiger partial charge in [0.05, 0.1) is 24.2 Å². The Morgan fingerprint density at radius 1 is 1.20 bits per heavy atom.